The second kappa shape index (κ2) is 2.85. The number of aryl methyl sites for hydroxylation is 1. The van der Waals surface area contributed by atoms with Gasteiger partial charge in [0.25, 0.3) is 0 Å². The van der Waals surface area contributed by atoms with Gasteiger partial charge in [-0.3, -0.25) is 0 Å². The van der Waals surface area contributed by atoms with Crippen LogP contribution in [-0.4, -0.2) is 11.9 Å². The van der Waals surface area contributed by atoms with Crippen molar-refractivity contribution in [1.82, 2.24) is 5.32 Å². The second-order valence-electron chi connectivity index (χ2n) is 2.85. The first-order valence-electron chi connectivity index (χ1n) is 3.87. The Hall–Kier alpha value is -1.36. The molecule has 0 saturated heterocycles. The number of urea groups is 1. The van der Waals surface area contributed by atoms with Crippen LogP contribution < -0.4 is 11.1 Å². The topological polar surface area (TPSA) is 67.5 Å². The van der Waals surface area contributed by atoms with Gasteiger partial charge in [-0.25, -0.2) is 4.79 Å². The summed E-state index contributed by atoms with van der Waals surface area (Å²) in [6.45, 7) is 2.00. The highest BCUT2D eigenvalue weighted by molar-refractivity contribution is 7.10. The minimum Gasteiger partial charge on any atom is -0.385 e. The lowest BCUT2D eigenvalue weighted by molar-refractivity contribution is 0.250. The summed E-state index contributed by atoms with van der Waals surface area (Å²) in [4.78, 5) is 15.7. The molecule has 2 heterocycles. The minimum absolute atomic E-state index is 0.223. The molecule has 1 unspecified atom stereocenters. The van der Waals surface area contributed by atoms with Crippen molar-refractivity contribution in [1.29, 1.82) is 0 Å². The number of carbonyl (C=O) groups excluding carboxylic acids is 1. The van der Waals surface area contributed by atoms with E-state index in [-0.39, 0.29) is 12.1 Å². The summed E-state index contributed by atoms with van der Waals surface area (Å²) < 4.78 is 0. The number of aliphatic imine (C=N–C) groups is 1. The SMILES string of the molecule is Cc1sccc1C1NC(=O)N=C1N. The molecule has 1 aliphatic heterocycles. The van der Waals surface area contributed by atoms with E-state index in [2.05, 4.69) is 10.3 Å². The molecule has 0 bridgehead atoms. The Kier molecular flexibility index (Phi) is 1.81. The first kappa shape index (κ1) is 8.25. The Morgan fingerprint density at radius 3 is 2.92 bits per heavy atom. The molecule has 0 spiro atoms. The summed E-state index contributed by atoms with van der Waals surface area (Å²) in [6, 6.07) is 1.38. The lowest BCUT2D eigenvalue weighted by Crippen LogP contribution is -2.27. The Balaban J connectivity index is 2.35. The van der Waals surface area contributed by atoms with Crippen molar-refractivity contribution < 1.29 is 4.79 Å². The molecule has 1 aromatic rings. The van der Waals surface area contributed by atoms with Crippen LogP contribution in [0.5, 0.6) is 0 Å². The zero-order valence-corrected chi connectivity index (χ0v) is 7.89. The molecule has 3 N–H and O–H groups in total. The van der Waals surface area contributed by atoms with Crippen LogP contribution >= 0.6 is 11.3 Å². The van der Waals surface area contributed by atoms with Gasteiger partial charge in [-0.05, 0) is 23.9 Å². The zero-order chi connectivity index (χ0) is 9.42. The Morgan fingerprint density at radius 1 is 1.69 bits per heavy atom. The standard InChI is InChI=1S/C8H9N3OS/c1-4-5(2-3-13-4)6-7(9)11-8(12)10-6/h2-3,6H,1H3,(H3,9,10,11,12). The van der Waals surface area contributed by atoms with Crippen LogP contribution in [0.25, 0.3) is 0 Å². The van der Waals surface area contributed by atoms with E-state index in [4.69, 9.17) is 5.73 Å². The van der Waals surface area contributed by atoms with Crippen molar-refractivity contribution in [3.8, 4) is 0 Å². The summed E-state index contributed by atoms with van der Waals surface area (Å²) in [7, 11) is 0. The highest BCUT2D eigenvalue weighted by Crippen LogP contribution is 2.24. The van der Waals surface area contributed by atoms with Crippen LogP contribution in [-0.2, 0) is 0 Å². The fraction of sp³-hybridized carbons (Fsp3) is 0.250. The van der Waals surface area contributed by atoms with E-state index in [1.165, 1.54) is 0 Å². The average Bonchev–Trinajstić information content (AvgIpc) is 2.58. The quantitative estimate of drug-likeness (QED) is 0.706. The molecule has 68 valence electrons. The van der Waals surface area contributed by atoms with Gasteiger partial charge < -0.3 is 11.1 Å². The number of hydrogen-bond acceptors (Lipinski definition) is 3. The maximum Gasteiger partial charge on any atom is 0.343 e. The molecule has 0 fully saturated rings. The van der Waals surface area contributed by atoms with E-state index in [9.17, 15) is 4.79 Å². The molecule has 2 amide bonds. The van der Waals surface area contributed by atoms with Crippen molar-refractivity contribution in [2.45, 2.75) is 13.0 Å². The Morgan fingerprint density at radius 2 is 2.46 bits per heavy atom. The van der Waals surface area contributed by atoms with Crippen molar-refractivity contribution >= 4 is 23.2 Å². The summed E-state index contributed by atoms with van der Waals surface area (Å²) in [5.74, 6) is 0.353. The molecule has 5 heteroatoms. The third-order valence-electron chi connectivity index (χ3n) is 2.00. The maximum atomic E-state index is 10.9. The van der Waals surface area contributed by atoms with Gasteiger partial charge in [-0.15, -0.1) is 11.3 Å². The zero-order valence-electron chi connectivity index (χ0n) is 7.07. The molecule has 0 saturated carbocycles. The number of rotatable bonds is 1. The fourth-order valence-electron chi connectivity index (χ4n) is 1.34. The normalized spacial score (nSPS) is 21.5. The average molecular weight is 195 g/mol. The van der Waals surface area contributed by atoms with E-state index in [0.29, 0.717) is 5.84 Å². The molecule has 0 radical (unpaired) electrons. The first-order valence-corrected chi connectivity index (χ1v) is 4.75. The number of carbonyl (C=O) groups is 1. The predicted octanol–water partition coefficient (Wildman–Crippen LogP) is 1.18. The molecule has 4 nitrogen and oxygen atoms in total. The minimum atomic E-state index is -0.354. The number of amidine groups is 1. The summed E-state index contributed by atoms with van der Waals surface area (Å²) in [5.41, 5.74) is 6.64. The monoisotopic (exact) mass is 195 g/mol. The van der Waals surface area contributed by atoms with Crippen molar-refractivity contribution in [2.75, 3.05) is 0 Å². The van der Waals surface area contributed by atoms with Gasteiger partial charge in [0, 0.05) is 4.88 Å². The summed E-state index contributed by atoms with van der Waals surface area (Å²) in [5, 5.41) is 4.66. The van der Waals surface area contributed by atoms with Crippen molar-refractivity contribution in [3.63, 3.8) is 0 Å². The molecular weight excluding hydrogens is 186 g/mol. The molecule has 1 aromatic heterocycles. The van der Waals surface area contributed by atoms with Crippen LogP contribution in [0.1, 0.15) is 16.5 Å². The van der Waals surface area contributed by atoms with Crippen LogP contribution in [0.15, 0.2) is 16.4 Å². The molecule has 2 rings (SSSR count). The molecule has 0 aliphatic carbocycles. The van der Waals surface area contributed by atoms with Crippen LogP contribution in [0.3, 0.4) is 0 Å². The first-order chi connectivity index (χ1) is 6.18. The lowest BCUT2D eigenvalue weighted by Gasteiger charge is -2.09. The highest BCUT2D eigenvalue weighted by Gasteiger charge is 2.26. The third-order valence-corrected chi connectivity index (χ3v) is 2.87. The van der Waals surface area contributed by atoms with E-state index in [0.717, 1.165) is 10.4 Å². The second-order valence-corrected chi connectivity index (χ2v) is 3.97. The number of nitrogens with zero attached hydrogens (tertiary/aromatic N) is 1. The van der Waals surface area contributed by atoms with Crippen LogP contribution in [0.4, 0.5) is 4.79 Å². The van der Waals surface area contributed by atoms with Gasteiger partial charge in [-0.1, -0.05) is 0 Å². The largest absolute Gasteiger partial charge is 0.385 e. The van der Waals surface area contributed by atoms with Crippen LogP contribution in [0.2, 0.25) is 0 Å². The third kappa shape index (κ3) is 1.31. The molecule has 1 atom stereocenters. The van der Waals surface area contributed by atoms with E-state index >= 15 is 0 Å². The van der Waals surface area contributed by atoms with Gasteiger partial charge in [-0.2, -0.15) is 4.99 Å². The van der Waals surface area contributed by atoms with Gasteiger partial charge in [0.15, 0.2) is 0 Å². The number of thiophene rings is 1. The predicted molar refractivity (Wildman–Crippen MR) is 52.0 cm³/mol. The number of hydrogen-bond donors (Lipinski definition) is 2. The number of nitrogens with two attached hydrogens (primary N) is 1. The fourth-order valence-corrected chi connectivity index (χ4v) is 2.08. The van der Waals surface area contributed by atoms with E-state index in [1.807, 2.05) is 18.4 Å². The molecule has 1 aliphatic rings. The Labute approximate surface area is 79.5 Å². The van der Waals surface area contributed by atoms with Crippen molar-refractivity contribution in [2.24, 2.45) is 10.7 Å². The lowest BCUT2D eigenvalue weighted by atomic mass is 10.1. The molecule has 13 heavy (non-hydrogen) atoms. The Bertz CT molecular complexity index is 382. The highest BCUT2D eigenvalue weighted by atomic mass is 32.1. The van der Waals surface area contributed by atoms with Gasteiger partial charge in [0.1, 0.15) is 11.9 Å². The summed E-state index contributed by atoms with van der Waals surface area (Å²) in [6.07, 6.45) is 0. The number of amides is 2. The maximum absolute atomic E-state index is 10.9. The molecular formula is C8H9N3OS. The van der Waals surface area contributed by atoms with Crippen molar-refractivity contribution in [3.05, 3.63) is 21.9 Å². The van der Waals surface area contributed by atoms with Gasteiger partial charge >= 0.3 is 6.03 Å². The van der Waals surface area contributed by atoms with Gasteiger partial charge in [0.2, 0.25) is 0 Å². The smallest absolute Gasteiger partial charge is 0.343 e. The van der Waals surface area contributed by atoms with E-state index < -0.39 is 0 Å². The number of nitrogens with one attached hydrogen (secondary N) is 1. The van der Waals surface area contributed by atoms with Gasteiger partial charge in [0.05, 0.1) is 0 Å². The summed E-state index contributed by atoms with van der Waals surface area (Å²) >= 11 is 1.63. The van der Waals surface area contributed by atoms with E-state index in [1.54, 1.807) is 11.3 Å². The van der Waals surface area contributed by atoms with Crippen LogP contribution in [0, 0.1) is 6.92 Å². The molecule has 0 aromatic carbocycles.